The van der Waals surface area contributed by atoms with Crippen molar-refractivity contribution in [1.29, 1.82) is 0 Å². The first-order valence-electron chi connectivity index (χ1n) is 28.2. The fourth-order valence-electron chi connectivity index (χ4n) is 7.11. The zero-order valence-corrected chi connectivity index (χ0v) is 47.2. The molecule has 0 fully saturated rings. The van der Waals surface area contributed by atoms with Gasteiger partial charge in [0.05, 0.1) is 27.7 Å². The van der Waals surface area contributed by atoms with E-state index in [4.69, 9.17) is 18.5 Å². The van der Waals surface area contributed by atoms with Crippen LogP contribution >= 0.6 is 7.82 Å². The van der Waals surface area contributed by atoms with Gasteiger partial charge < -0.3 is 27.9 Å². The minimum Gasteiger partial charge on any atom is -0.756 e. The summed E-state index contributed by atoms with van der Waals surface area (Å²) in [4.78, 5) is 37.8. The maximum absolute atomic E-state index is 12.8. The molecule has 9 nitrogen and oxygen atoms in total. The molecule has 0 radical (unpaired) electrons. The van der Waals surface area contributed by atoms with Crippen molar-refractivity contribution in [3.63, 3.8) is 0 Å². The molecule has 10 heteroatoms. The number of nitrogens with zero attached hydrogens (tertiary/aromatic N) is 1. The Kier molecular flexibility index (Phi) is 49.7. The molecular weight excluding hydrogens is 918 g/mol. The number of hydrogen-bond donors (Lipinski definition) is 0. The lowest BCUT2D eigenvalue weighted by Gasteiger charge is -2.28. The van der Waals surface area contributed by atoms with Crippen LogP contribution in [-0.2, 0) is 32.7 Å². The van der Waals surface area contributed by atoms with Crippen LogP contribution in [-0.4, -0.2) is 70.0 Å². The number of phosphoric ester groups is 1. The number of carbonyl (C=O) groups is 2. The van der Waals surface area contributed by atoms with Crippen molar-refractivity contribution in [2.75, 3.05) is 47.5 Å². The van der Waals surface area contributed by atoms with Crippen LogP contribution in [0.1, 0.15) is 206 Å². The fraction of sp³-hybridized carbons (Fsp3) is 0.645. The van der Waals surface area contributed by atoms with Crippen molar-refractivity contribution < 1.29 is 42.1 Å². The number of rotatable bonds is 50. The number of esters is 2. The van der Waals surface area contributed by atoms with E-state index in [0.717, 1.165) is 109 Å². The van der Waals surface area contributed by atoms with Crippen molar-refractivity contribution in [1.82, 2.24) is 0 Å². The molecule has 0 aromatic rings. The highest BCUT2D eigenvalue weighted by Crippen LogP contribution is 2.38. The van der Waals surface area contributed by atoms with Crippen molar-refractivity contribution >= 4 is 19.8 Å². The molecule has 0 N–H and O–H groups in total. The van der Waals surface area contributed by atoms with E-state index in [1.165, 1.54) is 57.8 Å². The van der Waals surface area contributed by atoms with E-state index in [-0.39, 0.29) is 26.1 Å². The molecule has 0 spiro atoms. The first-order chi connectivity index (χ1) is 35.0. The summed E-state index contributed by atoms with van der Waals surface area (Å²) in [6.07, 6.45) is 73.7. The predicted octanol–water partition coefficient (Wildman–Crippen LogP) is 17.0. The van der Waals surface area contributed by atoms with Gasteiger partial charge >= 0.3 is 11.9 Å². The van der Waals surface area contributed by atoms with Gasteiger partial charge in [0.15, 0.2) is 6.10 Å². The van der Waals surface area contributed by atoms with E-state index in [1.807, 2.05) is 21.1 Å². The summed E-state index contributed by atoms with van der Waals surface area (Å²) in [5.74, 6) is -0.876. The van der Waals surface area contributed by atoms with Crippen molar-refractivity contribution in [3.05, 3.63) is 122 Å². The average Bonchev–Trinajstić information content (AvgIpc) is 3.34. The maximum atomic E-state index is 12.8. The molecule has 0 aliphatic rings. The molecule has 0 heterocycles. The Morgan fingerprint density at radius 1 is 0.444 bits per heavy atom. The van der Waals surface area contributed by atoms with E-state index in [1.54, 1.807) is 0 Å². The molecular formula is C62H104NO8P. The Bertz CT molecular complexity index is 1630. The molecule has 0 aliphatic heterocycles. The minimum absolute atomic E-state index is 0.0438. The highest BCUT2D eigenvalue weighted by atomic mass is 31.2. The van der Waals surface area contributed by atoms with Crippen LogP contribution in [0.2, 0.25) is 0 Å². The molecule has 72 heavy (non-hydrogen) atoms. The Morgan fingerprint density at radius 3 is 1.18 bits per heavy atom. The Hall–Kier alpha value is -3.59. The number of ether oxygens (including phenoxy) is 2. The number of hydrogen-bond acceptors (Lipinski definition) is 8. The first-order valence-corrected chi connectivity index (χ1v) is 29.7. The van der Waals surface area contributed by atoms with Crippen molar-refractivity contribution in [2.24, 2.45) is 0 Å². The summed E-state index contributed by atoms with van der Waals surface area (Å²) in [5.41, 5.74) is 0. The van der Waals surface area contributed by atoms with Crippen LogP contribution < -0.4 is 4.89 Å². The van der Waals surface area contributed by atoms with Gasteiger partial charge in [0, 0.05) is 12.8 Å². The van der Waals surface area contributed by atoms with E-state index in [0.29, 0.717) is 23.9 Å². The van der Waals surface area contributed by atoms with Gasteiger partial charge in [-0.25, -0.2) is 0 Å². The number of allylic oxidation sites excluding steroid dienone is 20. The molecule has 0 rings (SSSR count). The summed E-state index contributed by atoms with van der Waals surface area (Å²) < 4.78 is 34.1. The predicted molar refractivity (Wildman–Crippen MR) is 305 cm³/mol. The summed E-state index contributed by atoms with van der Waals surface area (Å²) in [7, 11) is 1.13. The third-order valence-corrected chi connectivity index (χ3v) is 12.4. The van der Waals surface area contributed by atoms with Gasteiger partial charge in [0.2, 0.25) is 0 Å². The number of phosphoric acid groups is 1. The molecule has 2 atom stereocenters. The lowest BCUT2D eigenvalue weighted by molar-refractivity contribution is -0.870. The van der Waals surface area contributed by atoms with Gasteiger partial charge in [-0.15, -0.1) is 0 Å². The van der Waals surface area contributed by atoms with E-state index >= 15 is 0 Å². The second-order valence-electron chi connectivity index (χ2n) is 19.6. The number of likely N-dealkylation sites (N-methyl/N-ethyl adjacent to an activating group) is 1. The van der Waals surface area contributed by atoms with Gasteiger partial charge in [-0.05, 0) is 109 Å². The Labute approximate surface area is 441 Å². The van der Waals surface area contributed by atoms with E-state index < -0.39 is 32.5 Å². The third-order valence-electron chi connectivity index (χ3n) is 11.5. The van der Waals surface area contributed by atoms with Gasteiger partial charge in [0.1, 0.15) is 19.8 Å². The smallest absolute Gasteiger partial charge is 0.306 e. The third kappa shape index (κ3) is 55.7. The monoisotopic (exact) mass is 1020 g/mol. The van der Waals surface area contributed by atoms with Crippen LogP contribution in [0.25, 0.3) is 0 Å². The molecule has 410 valence electrons. The highest BCUT2D eigenvalue weighted by Gasteiger charge is 2.21. The van der Waals surface area contributed by atoms with Gasteiger partial charge in [-0.3, -0.25) is 14.2 Å². The second-order valence-corrected chi connectivity index (χ2v) is 21.0. The maximum Gasteiger partial charge on any atom is 0.306 e. The lowest BCUT2D eigenvalue weighted by atomic mass is 10.1. The summed E-state index contributed by atoms with van der Waals surface area (Å²) in [5, 5.41) is 0. The standard InChI is InChI=1S/C62H104NO8P/c1-6-8-10-12-14-16-18-20-22-24-26-27-28-29-30-31-32-33-34-35-37-39-41-43-45-47-49-51-53-55-62(65)71-60(59-70-72(66,67)69-57-56-63(3,4)5)58-68-61(64)54-52-50-48-46-44-42-40-38-36-25-23-21-19-17-15-13-11-9-7-2/h8,10,14-17,20-23,26-27,29-30,32-33,35,37,41,43,60H,6-7,9,11-13,18-19,24-25,28,31,34,36,38-40,42,44-59H2,1-5H3/b10-8-,16-14-,17-15-,22-20-,23-21-,27-26-,30-29-,33-32-,37-35-,43-41-. The van der Waals surface area contributed by atoms with Crippen LogP contribution in [0.5, 0.6) is 0 Å². The Morgan fingerprint density at radius 2 is 0.792 bits per heavy atom. The van der Waals surface area contributed by atoms with E-state index in [2.05, 4.69) is 135 Å². The minimum atomic E-state index is -4.65. The number of carbonyl (C=O) groups excluding carboxylic acids is 2. The molecule has 0 aliphatic carbocycles. The van der Waals surface area contributed by atoms with Gasteiger partial charge in [0.25, 0.3) is 7.82 Å². The number of unbranched alkanes of at least 4 members (excludes halogenated alkanes) is 16. The fourth-order valence-corrected chi connectivity index (χ4v) is 7.84. The molecule has 0 saturated heterocycles. The quantitative estimate of drug-likeness (QED) is 0.0195. The zero-order valence-electron chi connectivity index (χ0n) is 46.3. The molecule has 0 amide bonds. The van der Waals surface area contributed by atoms with Gasteiger partial charge in [-0.2, -0.15) is 0 Å². The van der Waals surface area contributed by atoms with Crippen LogP contribution in [0.3, 0.4) is 0 Å². The molecule has 2 unspecified atom stereocenters. The lowest BCUT2D eigenvalue weighted by Crippen LogP contribution is -2.37. The average molecular weight is 1020 g/mol. The molecule has 0 aromatic carbocycles. The molecule has 0 bridgehead atoms. The first kappa shape index (κ1) is 68.4. The topological polar surface area (TPSA) is 111 Å². The van der Waals surface area contributed by atoms with Crippen LogP contribution in [0, 0.1) is 0 Å². The van der Waals surface area contributed by atoms with Crippen molar-refractivity contribution in [2.45, 2.75) is 213 Å². The van der Waals surface area contributed by atoms with Crippen LogP contribution in [0.15, 0.2) is 122 Å². The van der Waals surface area contributed by atoms with Gasteiger partial charge in [-0.1, -0.05) is 206 Å². The normalized spacial score (nSPS) is 14.2. The number of quaternary nitrogens is 1. The summed E-state index contributed by atoms with van der Waals surface area (Å²) in [6.45, 7) is 4.05. The van der Waals surface area contributed by atoms with Crippen molar-refractivity contribution in [3.8, 4) is 0 Å². The Balaban J connectivity index is 4.30. The second kappa shape index (κ2) is 52.3. The highest BCUT2D eigenvalue weighted by molar-refractivity contribution is 7.45. The molecule has 0 aromatic heterocycles. The summed E-state index contributed by atoms with van der Waals surface area (Å²) in [6, 6.07) is 0. The SMILES string of the molecule is CC/C=C\C/C=C\C/C=C\C/C=C\C/C=C\C/C=C\C/C=C\C/C=C\CCCCCCC(=O)OC(COC(=O)CCCCCCCCCCC/C=C\C/C=C\CCCCC)COP(=O)([O-])OCC[N+](C)(C)C. The largest absolute Gasteiger partial charge is 0.756 e. The molecule has 0 saturated carbocycles. The van der Waals surface area contributed by atoms with Crippen LogP contribution in [0.4, 0.5) is 0 Å². The zero-order chi connectivity index (χ0) is 52.7. The summed E-state index contributed by atoms with van der Waals surface area (Å²) >= 11 is 0. The van der Waals surface area contributed by atoms with E-state index in [9.17, 15) is 19.0 Å².